The van der Waals surface area contributed by atoms with Gasteiger partial charge in [0.05, 0.1) is 0 Å². The Balaban J connectivity index is 2.33. The molecule has 1 aromatic rings. The van der Waals surface area contributed by atoms with Gasteiger partial charge in [0.2, 0.25) is 4.47 Å². The zero-order valence-electron chi connectivity index (χ0n) is 7.09. The van der Waals surface area contributed by atoms with E-state index < -0.39 is 19.0 Å². The van der Waals surface area contributed by atoms with E-state index in [0.717, 1.165) is 11.5 Å². The van der Waals surface area contributed by atoms with Crippen LogP contribution >= 0.6 is 23.1 Å². The molecule has 0 unspecified atom stereocenters. The maximum Gasteiger partial charge on any atom is 0.330 e. The number of rotatable bonds is 5. The van der Waals surface area contributed by atoms with Gasteiger partial charge in [-0.1, -0.05) is 0 Å². The van der Waals surface area contributed by atoms with Crippen molar-refractivity contribution < 1.29 is 22.3 Å². The van der Waals surface area contributed by atoms with E-state index in [0.29, 0.717) is 0 Å². The smallest absolute Gasteiger partial charge is 0.330 e. The maximum atomic E-state index is 12.3. The molecule has 0 fully saturated rings. The van der Waals surface area contributed by atoms with E-state index >= 15 is 0 Å². The normalized spacial score (nSPS) is 12.4. The van der Waals surface area contributed by atoms with Gasteiger partial charge < -0.3 is 4.74 Å². The van der Waals surface area contributed by atoms with Crippen molar-refractivity contribution in [3.05, 3.63) is 10.3 Å². The highest BCUT2D eigenvalue weighted by atomic mass is 35.5. The van der Waals surface area contributed by atoms with Crippen molar-refractivity contribution in [3.63, 3.8) is 0 Å². The van der Waals surface area contributed by atoms with Crippen LogP contribution < -0.4 is 0 Å². The van der Waals surface area contributed by atoms with E-state index in [1.165, 1.54) is 0 Å². The summed E-state index contributed by atoms with van der Waals surface area (Å²) >= 11 is 6.26. The summed E-state index contributed by atoms with van der Waals surface area (Å²) in [6.45, 7) is -1.74. The molecule has 9 heteroatoms. The maximum absolute atomic E-state index is 12.3. The molecule has 0 aliphatic rings. The first kappa shape index (κ1) is 12.6. The van der Waals surface area contributed by atoms with E-state index in [2.05, 4.69) is 14.1 Å². The summed E-state index contributed by atoms with van der Waals surface area (Å²) in [6.07, 6.45) is -3.75. The molecule has 3 nitrogen and oxygen atoms in total. The largest absolute Gasteiger partial charge is 0.367 e. The van der Waals surface area contributed by atoms with Gasteiger partial charge in [-0.3, -0.25) is 0 Å². The lowest BCUT2D eigenvalue weighted by Gasteiger charge is -2.14. The van der Waals surface area contributed by atoms with Crippen molar-refractivity contribution >= 4 is 23.1 Å². The van der Waals surface area contributed by atoms with Crippen LogP contribution in [0, 0.1) is 0 Å². The lowest BCUT2D eigenvalue weighted by Crippen LogP contribution is -2.32. The molecule has 0 bridgehead atoms. The van der Waals surface area contributed by atoms with Gasteiger partial charge in [0.25, 0.3) is 0 Å². The number of aromatic nitrogens is 2. The molecule has 0 saturated carbocycles. The second-order valence-corrected chi connectivity index (χ2v) is 3.85. The quantitative estimate of drug-likeness (QED) is 0.767. The minimum absolute atomic E-state index is 0.0927. The fourth-order valence-corrected chi connectivity index (χ4v) is 1.25. The third-order valence-corrected chi connectivity index (χ3v) is 2.12. The molecular weight excluding hydrogens is 260 g/mol. The van der Waals surface area contributed by atoms with Crippen LogP contribution in [0.25, 0.3) is 0 Å². The fourth-order valence-electron chi connectivity index (χ4n) is 0.633. The zero-order chi connectivity index (χ0) is 11.5. The van der Waals surface area contributed by atoms with Crippen molar-refractivity contribution in [1.29, 1.82) is 0 Å². The second-order valence-electron chi connectivity index (χ2n) is 2.52. The van der Waals surface area contributed by atoms with Gasteiger partial charge >= 0.3 is 12.3 Å². The number of nitrogens with zero attached hydrogens (tertiary/aromatic N) is 2. The van der Waals surface area contributed by atoms with Gasteiger partial charge in [-0.2, -0.15) is 13.2 Å². The molecule has 0 spiro atoms. The average Bonchev–Trinajstić information content (AvgIpc) is 2.51. The minimum atomic E-state index is -4.15. The van der Waals surface area contributed by atoms with Crippen molar-refractivity contribution in [2.45, 2.75) is 19.0 Å². The lowest BCUT2D eigenvalue weighted by atomic mass is 10.4. The van der Waals surface area contributed by atoms with Crippen LogP contribution in [0.4, 0.5) is 17.6 Å². The summed E-state index contributed by atoms with van der Waals surface area (Å²) in [4.78, 5) is 3.59. The minimum Gasteiger partial charge on any atom is -0.367 e. The summed E-state index contributed by atoms with van der Waals surface area (Å²) in [7, 11) is 0. The van der Waals surface area contributed by atoms with Gasteiger partial charge in [-0.15, -0.1) is 0 Å². The summed E-state index contributed by atoms with van der Waals surface area (Å²) in [6, 6.07) is 0. The van der Waals surface area contributed by atoms with Crippen LogP contribution in [-0.4, -0.2) is 28.3 Å². The Bertz CT molecular complexity index is 322. The molecular formula is C6H5ClF4N2OS. The monoisotopic (exact) mass is 264 g/mol. The third kappa shape index (κ3) is 3.88. The molecule has 1 rings (SSSR count). The Morgan fingerprint density at radius 1 is 1.47 bits per heavy atom. The molecule has 0 amide bonds. The predicted molar refractivity (Wildman–Crippen MR) is 45.5 cm³/mol. The first-order valence-corrected chi connectivity index (χ1v) is 4.79. The molecule has 0 aromatic carbocycles. The van der Waals surface area contributed by atoms with E-state index in [4.69, 9.17) is 11.6 Å². The number of alkyl halides is 4. The second kappa shape index (κ2) is 5.04. The van der Waals surface area contributed by atoms with Gasteiger partial charge in [-0.05, 0) is 23.1 Å². The molecule has 86 valence electrons. The van der Waals surface area contributed by atoms with Gasteiger partial charge in [0.1, 0.15) is 13.2 Å². The molecule has 0 N–H and O–H groups in total. The molecule has 0 saturated heterocycles. The standard InChI is InChI=1S/C6H5ClF4N2OS/c7-5-12-3(13-15-5)1-14-2-6(10,11)4(8)9/h4H,1-2H2. The molecule has 1 heterocycles. The van der Waals surface area contributed by atoms with Gasteiger partial charge in [0, 0.05) is 0 Å². The van der Waals surface area contributed by atoms with E-state index in [1.807, 2.05) is 0 Å². The van der Waals surface area contributed by atoms with Crippen molar-refractivity contribution in [3.8, 4) is 0 Å². The Labute approximate surface area is 91.2 Å². The van der Waals surface area contributed by atoms with Crippen molar-refractivity contribution in [1.82, 2.24) is 9.36 Å². The number of ether oxygens (including phenoxy) is 1. The highest BCUT2D eigenvalue weighted by Crippen LogP contribution is 2.23. The first-order chi connectivity index (χ1) is 6.92. The SMILES string of the molecule is FC(F)C(F)(F)COCc1nsc(Cl)n1. The molecule has 0 atom stereocenters. The van der Waals surface area contributed by atoms with E-state index in [1.54, 1.807) is 0 Å². The third-order valence-electron chi connectivity index (χ3n) is 1.29. The van der Waals surface area contributed by atoms with Gasteiger partial charge in [-0.25, -0.2) is 13.8 Å². The van der Waals surface area contributed by atoms with E-state index in [-0.39, 0.29) is 16.9 Å². The number of halogens is 5. The Morgan fingerprint density at radius 2 is 2.13 bits per heavy atom. The van der Waals surface area contributed by atoms with E-state index in [9.17, 15) is 17.6 Å². The summed E-state index contributed by atoms with van der Waals surface area (Å²) < 4.78 is 56.1. The first-order valence-electron chi connectivity index (χ1n) is 3.63. The summed E-state index contributed by atoms with van der Waals surface area (Å²) in [5.74, 6) is -4.06. The lowest BCUT2D eigenvalue weighted by molar-refractivity contribution is -0.168. The Kier molecular flexibility index (Phi) is 4.23. The topological polar surface area (TPSA) is 35.0 Å². The Morgan fingerprint density at radius 3 is 2.60 bits per heavy atom. The van der Waals surface area contributed by atoms with Crippen LogP contribution in [-0.2, 0) is 11.3 Å². The van der Waals surface area contributed by atoms with Crippen molar-refractivity contribution in [2.75, 3.05) is 6.61 Å². The predicted octanol–water partition coefficient (Wildman–Crippen LogP) is 2.61. The van der Waals surface area contributed by atoms with Crippen LogP contribution in [0.2, 0.25) is 4.47 Å². The molecule has 15 heavy (non-hydrogen) atoms. The summed E-state index contributed by atoms with van der Waals surface area (Å²) in [5, 5.41) is 0. The van der Waals surface area contributed by atoms with Crippen LogP contribution in [0.5, 0.6) is 0 Å². The molecule has 0 radical (unpaired) electrons. The fraction of sp³-hybridized carbons (Fsp3) is 0.667. The average molecular weight is 265 g/mol. The van der Waals surface area contributed by atoms with Crippen molar-refractivity contribution in [2.24, 2.45) is 0 Å². The Hall–Kier alpha value is -0.470. The summed E-state index contributed by atoms with van der Waals surface area (Å²) in [5.41, 5.74) is 0. The zero-order valence-corrected chi connectivity index (χ0v) is 8.66. The molecule has 0 aliphatic heterocycles. The van der Waals surface area contributed by atoms with Crippen LogP contribution in [0.3, 0.4) is 0 Å². The molecule has 1 aromatic heterocycles. The highest BCUT2D eigenvalue weighted by Gasteiger charge is 2.40. The number of hydrogen-bond donors (Lipinski definition) is 0. The van der Waals surface area contributed by atoms with Crippen LogP contribution in [0.1, 0.15) is 5.82 Å². The van der Waals surface area contributed by atoms with Gasteiger partial charge in [0.15, 0.2) is 5.82 Å². The highest BCUT2D eigenvalue weighted by molar-refractivity contribution is 7.10. The number of hydrogen-bond acceptors (Lipinski definition) is 4. The molecule has 0 aliphatic carbocycles. The van der Waals surface area contributed by atoms with Crippen LogP contribution in [0.15, 0.2) is 0 Å².